The number of aromatic nitrogens is 2. The summed E-state index contributed by atoms with van der Waals surface area (Å²) in [7, 11) is 0. The number of fused-ring (bicyclic) bond motifs is 1. The number of rotatable bonds is 8. The molecule has 2 N–H and O–H groups in total. The predicted molar refractivity (Wildman–Crippen MR) is 156 cm³/mol. The Balaban J connectivity index is 1.44. The van der Waals surface area contributed by atoms with Gasteiger partial charge in [0.2, 0.25) is 0 Å². The molecule has 0 saturated carbocycles. The number of nitrogens with zero attached hydrogens (tertiary/aromatic N) is 2. The zero-order valence-electron chi connectivity index (χ0n) is 22.7. The van der Waals surface area contributed by atoms with Crippen LogP contribution in [0.3, 0.4) is 0 Å². The fourth-order valence-corrected chi connectivity index (χ4v) is 5.72. The van der Waals surface area contributed by atoms with Crippen molar-refractivity contribution < 1.29 is 4.74 Å². The van der Waals surface area contributed by atoms with Crippen molar-refractivity contribution in [2.24, 2.45) is 0 Å². The van der Waals surface area contributed by atoms with Crippen LogP contribution < -0.4 is 10.9 Å². The monoisotopic (exact) mass is 532 g/mol. The number of nitrogens with one attached hydrogen (secondary N) is 2. The Labute approximate surface area is 229 Å². The van der Waals surface area contributed by atoms with E-state index in [1.807, 2.05) is 26.1 Å². The first-order chi connectivity index (χ1) is 18.3. The standard InChI is InChI=1S/C31H37ClN4O2/c1-20(2)36-19-28(32)30-26(16-33-17-27-21(3)13-22(4)34-31(27)37)14-25(15-29(30)36)24-7-5-23(6-8-24)18-35-9-11-38-12-10-35/h5-8,13-15,19-20,33H,9-12,16-18H2,1-4H3,(H,34,37). The maximum absolute atomic E-state index is 12.5. The van der Waals surface area contributed by atoms with E-state index in [1.54, 1.807) is 0 Å². The Morgan fingerprint density at radius 1 is 1.03 bits per heavy atom. The van der Waals surface area contributed by atoms with E-state index in [0.717, 1.165) is 76.7 Å². The number of aryl methyl sites for hydroxylation is 2. The maximum Gasteiger partial charge on any atom is 0.252 e. The van der Waals surface area contributed by atoms with Gasteiger partial charge in [0.25, 0.3) is 5.56 Å². The third kappa shape index (κ3) is 5.74. The lowest BCUT2D eigenvalue weighted by atomic mass is 9.98. The van der Waals surface area contributed by atoms with E-state index >= 15 is 0 Å². The lowest BCUT2D eigenvalue weighted by Crippen LogP contribution is -2.35. The predicted octanol–water partition coefficient (Wildman–Crippen LogP) is 5.97. The van der Waals surface area contributed by atoms with Gasteiger partial charge in [0, 0.05) is 61.6 Å². The Morgan fingerprint density at radius 3 is 2.45 bits per heavy atom. The van der Waals surface area contributed by atoms with Crippen LogP contribution in [0.1, 0.15) is 47.8 Å². The molecule has 0 atom stereocenters. The number of benzene rings is 2. The number of hydrogen-bond acceptors (Lipinski definition) is 4. The maximum atomic E-state index is 12.5. The molecule has 200 valence electrons. The van der Waals surface area contributed by atoms with E-state index in [-0.39, 0.29) is 11.6 Å². The third-order valence-corrected chi connectivity index (χ3v) is 7.72. The van der Waals surface area contributed by atoms with Crippen molar-refractivity contribution in [3.8, 4) is 11.1 Å². The number of H-pyrrole nitrogens is 1. The molecule has 0 aliphatic carbocycles. The van der Waals surface area contributed by atoms with Crippen molar-refractivity contribution in [2.45, 2.75) is 53.4 Å². The van der Waals surface area contributed by atoms with Crippen molar-refractivity contribution in [3.05, 3.63) is 92.0 Å². The van der Waals surface area contributed by atoms with Gasteiger partial charge >= 0.3 is 0 Å². The van der Waals surface area contributed by atoms with Crippen LogP contribution >= 0.6 is 11.6 Å². The topological polar surface area (TPSA) is 62.3 Å². The van der Waals surface area contributed by atoms with Gasteiger partial charge in [-0.1, -0.05) is 35.9 Å². The normalized spacial score (nSPS) is 14.6. The highest BCUT2D eigenvalue weighted by atomic mass is 35.5. The number of pyridine rings is 1. The van der Waals surface area contributed by atoms with Crippen LogP contribution in [-0.2, 0) is 24.4 Å². The van der Waals surface area contributed by atoms with Crippen molar-refractivity contribution in [2.75, 3.05) is 26.3 Å². The van der Waals surface area contributed by atoms with Crippen molar-refractivity contribution in [1.29, 1.82) is 0 Å². The van der Waals surface area contributed by atoms with E-state index in [9.17, 15) is 4.79 Å². The molecule has 0 unspecified atom stereocenters. The lowest BCUT2D eigenvalue weighted by molar-refractivity contribution is 0.0342. The van der Waals surface area contributed by atoms with Crippen molar-refractivity contribution >= 4 is 22.5 Å². The van der Waals surface area contributed by atoms with Gasteiger partial charge in [0.05, 0.1) is 23.8 Å². The summed E-state index contributed by atoms with van der Waals surface area (Å²) in [6.45, 7) is 13.9. The highest BCUT2D eigenvalue weighted by molar-refractivity contribution is 6.36. The fraction of sp³-hybridized carbons (Fsp3) is 0.387. The van der Waals surface area contributed by atoms with Gasteiger partial charge < -0.3 is 19.6 Å². The SMILES string of the molecule is Cc1cc(C)c(CNCc2cc(-c3ccc(CN4CCOCC4)cc3)cc3c2c(Cl)cn3C(C)C)c(=O)[nH]1. The minimum atomic E-state index is -0.0324. The molecule has 0 spiro atoms. The highest BCUT2D eigenvalue weighted by Gasteiger charge is 2.16. The molecule has 0 bridgehead atoms. The molecule has 1 fully saturated rings. The third-order valence-electron chi connectivity index (χ3n) is 7.43. The smallest absolute Gasteiger partial charge is 0.252 e. The van der Waals surface area contributed by atoms with Gasteiger partial charge in [-0.05, 0) is 73.7 Å². The molecule has 1 aliphatic heterocycles. The summed E-state index contributed by atoms with van der Waals surface area (Å²) in [5.41, 5.74) is 8.51. The number of morpholine rings is 1. The minimum absolute atomic E-state index is 0.0324. The first-order valence-corrected chi connectivity index (χ1v) is 13.8. The van der Waals surface area contributed by atoms with Crippen LogP contribution in [0.15, 0.2) is 53.5 Å². The van der Waals surface area contributed by atoms with Crippen LogP contribution in [0.4, 0.5) is 0 Å². The number of halogens is 1. The van der Waals surface area contributed by atoms with E-state index < -0.39 is 0 Å². The van der Waals surface area contributed by atoms with Crippen molar-refractivity contribution in [1.82, 2.24) is 19.8 Å². The summed E-state index contributed by atoms with van der Waals surface area (Å²) in [4.78, 5) is 17.9. The number of aromatic amines is 1. The summed E-state index contributed by atoms with van der Waals surface area (Å²) < 4.78 is 7.73. The van der Waals surface area contributed by atoms with E-state index in [0.29, 0.717) is 13.1 Å². The van der Waals surface area contributed by atoms with Crippen LogP contribution in [0.5, 0.6) is 0 Å². The molecular formula is C31H37ClN4O2. The van der Waals surface area contributed by atoms with Gasteiger partial charge in [0.15, 0.2) is 0 Å². The second-order valence-corrected chi connectivity index (χ2v) is 11.0. The summed E-state index contributed by atoms with van der Waals surface area (Å²) >= 11 is 6.79. The Morgan fingerprint density at radius 2 is 1.76 bits per heavy atom. The molecule has 2 aromatic carbocycles. The van der Waals surface area contributed by atoms with Gasteiger partial charge in [-0.2, -0.15) is 0 Å². The Kier molecular flexibility index (Phi) is 8.05. The zero-order chi connectivity index (χ0) is 26.8. The van der Waals surface area contributed by atoms with E-state index in [2.05, 4.69) is 70.0 Å². The average Bonchev–Trinajstić information content (AvgIpc) is 3.23. The highest BCUT2D eigenvalue weighted by Crippen LogP contribution is 2.35. The Hall–Kier alpha value is -2.90. The largest absolute Gasteiger partial charge is 0.379 e. The molecule has 7 heteroatoms. The number of ether oxygens (including phenoxy) is 1. The molecule has 6 nitrogen and oxygen atoms in total. The zero-order valence-corrected chi connectivity index (χ0v) is 23.5. The van der Waals surface area contributed by atoms with E-state index in [1.165, 1.54) is 11.1 Å². The molecule has 0 amide bonds. The minimum Gasteiger partial charge on any atom is -0.379 e. The quantitative estimate of drug-likeness (QED) is 0.293. The summed E-state index contributed by atoms with van der Waals surface area (Å²) in [6.07, 6.45) is 2.03. The molecule has 1 saturated heterocycles. The van der Waals surface area contributed by atoms with Crippen LogP contribution in [0.2, 0.25) is 5.02 Å². The molecule has 4 aromatic rings. The molecule has 1 aliphatic rings. The fourth-order valence-electron chi connectivity index (χ4n) is 5.40. The molecule has 3 heterocycles. The second kappa shape index (κ2) is 11.5. The van der Waals surface area contributed by atoms with Gasteiger partial charge in [-0.3, -0.25) is 9.69 Å². The molecule has 5 rings (SSSR count). The molecule has 38 heavy (non-hydrogen) atoms. The average molecular weight is 533 g/mol. The first kappa shape index (κ1) is 26.7. The second-order valence-electron chi connectivity index (χ2n) is 10.6. The summed E-state index contributed by atoms with van der Waals surface area (Å²) in [6, 6.07) is 15.7. The summed E-state index contributed by atoms with van der Waals surface area (Å²) in [5, 5.41) is 5.32. The Bertz CT molecular complexity index is 1480. The molecule has 0 radical (unpaired) electrons. The summed E-state index contributed by atoms with van der Waals surface area (Å²) in [5.74, 6) is 0. The number of hydrogen-bond donors (Lipinski definition) is 2. The van der Waals surface area contributed by atoms with E-state index in [4.69, 9.17) is 16.3 Å². The van der Waals surface area contributed by atoms with Crippen LogP contribution in [0.25, 0.3) is 22.0 Å². The van der Waals surface area contributed by atoms with Gasteiger partial charge in [0.1, 0.15) is 0 Å². The lowest BCUT2D eigenvalue weighted by Gasteiger charge is -2.26. The van der Waals surface area contributed by atoms with Crippen LogP contribution in [-0.4, -0.2) is 40.8 Å². The van der Waals surface area contributed by atoms with Gasteiger partial charge in [-0.25, -0.2) is 0 Å². The molecular weight excluding hydrogens is 496 g/mol. The molecule has 2 aromatic heterocycles. The van der Waals surface area contributed by atoms with Crippen molar-refractivity contribution in [3.63, 3.8) is 0 Å². The van der Waals surface area contributed by atoms with Crippen LogP contribution in [0, 0.1) is 13.8 Å². The first-order valence-electron chi connectivity index (χ1n) is 13.4. The van der Waals surface area contributed by atoms with Gasteiger partial charge in [-0.15, -0.1) is 0 Å².